The second kappa shape index (κ2) is 8.51. The summed E-state index contributed by atoms with van der Waals surface area (Å²) in [5.74, 6) is -1.74. The zero-order valence-electron chi connectivity index (χ0n) is 13.7. The van der Waals surface area contributed by atoms with E-state index in [0.29, 0.717) is 13.1 Å². The molecule has 3 rings (SSSR count). The molecule has 1 saturated heterocycles. The largest absolute Gasteiger partial charge is 0.377 e. The Morgan fingerprint density at radius 2 is 2.12 bits per heavy atom. The monoisotopic (exact) mass is 366 g/mol. The summed E-state index contributed by atoms with van der Waals surface area (Å²) >= 11 is 1.63. The lowest BCUT2D eigenvalue weighted by Gasteiger charge is -2.24. The van der Waals surface area contributed by atoms with Crippen LogP contribution in [0.5, 0.6) is 0 Å². The van der Waals surface area contributed by atoms with E-state index in [9.17, 15) is 13.6 Å². The molecule has 1 unspecified atom stereocenters. The standard InChI is InChI=1S/C18H20F2N2O2S/c19-13-7-14(20)9-15(8-13)21-18(23)12-22(10-16-3-1-5-24-16)11-17-4-2-6-25-17/h2,4,6-9,16H,1,3,5,10-12H2,(H,21,23). The van der Waals surface area contributed by atoms with Crippen molar-refractivity contribution in [1.82, 2.24) is 4.90 Å². The van der Waals surface area contributed by atoms with Gasteiger partial charge in [-0.2, -0.15) is 0 Å². The molecular weight excluding hydrogens is 346 g/mol. The minimum atomic E-state index is -0.718. The fourth-order valence-corrected chi connectivity index (χ4v) is 3.66. The molecule has 1 fully saturated rings. The van der Waals surface area contributed by atoms with E-state index in [-0.39, 0.29) is 24.2 Å². The summed E-state index contributed by atoms with van der Waals surface area (Å²) in [6.45, 7) is 2.19. The summed E-state index contributed by atoms with van der Waals surface area (Å²) < 4.78 is 32.2. The van der Waals surface area contributed by atoms with Gasteiger partial charge in [0.25, 0.3) is 0 Å². The number of benzene rings is 1. The number of amides is 1. The molecule has 1 amide bonds. The third-order valence-electron chi connectivity index (χ3n) is 3.96. The molecule has 1 atom stereocenters. The van der Waals surface area contributed by atoms with E-state index in [0.717, 1.165) is 42.5 Å². The molecular formula is C18H20F2N2O2S. The van der Waals surface area contributed by atoms with Crippen LogP contribution in [0.2, 0.25) is 0 Å². The van der Waals surface area contributed by atoms with Crippen molar-refractivity contribution < 1.29 is 18.3 Å². The van der Waals surface area contributed by atoms with Gasteiger partial charge in [0.2, 0.25) is 5.91 Å². The van der Waals surface area contributed by atoms with E-state index >= 15 is 0 Å². The molecule has 2 aromatic rings. The van der Waals surface area contributed by atoms with Gasteiger partial charge in [-0.3, -0.25) is 9.69 Å². The fourth-order valence-electron chi connectivity index (χ4n) is 2.91. The number of nitrogens with one attached hydrogen (secondary N) is 1. The zero-order chi connectivity index (χ0) is 17.6. The number of nitrogens with zero attached hydrogens (tertiary/aromatic N) is 1. The van der Waals surface area contributed by atoms with Crippen molar-refractivity contribution in [2.75, 3.05) is 25.0 Å². The fraction of sp³-hybridized carbons (Fsp3) is 0.389. The molecule has 0 aliphatic carbocycles. The first-order valence-corrected chi connectivity index (χ1v) is 9.09. The van der Waals surface area contributed by atoms with Crippen LogP contribution in [0.3, 0.4) is 0 Å². The molecule has 7 heteroatoms. The number of anilines is 1. The number of carbonyl (C=O) groups is 1. The second-order valence-corrected chi connectivity index (χ2v) is 7.12. The minimum absolute atomic E-state index is 0.121. The Labute approximate surface area is 149 Å². The average molecular weight is 366 g/mol. The number of rotatable bonds is 7. The molecule has 0 radical (unpaired) electrons. The number of ether oxygens (including phenoxy) is 1. The van der Waals surface area contributed by atoms with Crippen molar-refractivity contribution in [3.05, 3.63) is 52.2 Å². The predicted octanol–water partition coefficient (Wildman–Crippen LogP) is 3.65. The van der Waals surface area contributed by atoms with Gasteiger partial charge in [-0.1, -0.05) is 6.07 Å². The summed E-state index contributed by atoms with van der Waals surface area (Å²) in [5, 5.41) is 4.56. The van der Waals surface area contributed by atoms with Crippen LogP contribution in [0.4, 0.5) is 14.5 Å². The molecule has 1 aromatic heterocycles. The van der Waals surface area contributed by atoms with Crippen molar-refractivity contribution in [2.24, 2.45) is 0 Å². The molecule has 1 aliphatic heterocycles. The van der Waals surface area contributed by atoms with Gasteiger partial charge in [-0.25, -0.2) is 8.78 Å². The molecule has 0 bridgehead atoms. The summed E-state index contributed by atoms with van der Waals surface area (Å²) in [4.78, 5) is 15.5. The van der Waals surface area contributed by atoms with E-state index in [2.05, 4.69) is 5.32 Å². The van der Waals surface area contributed by atoms with E-state index < -0.39 is 11.6 Å². The lowest BCUT2D eigenvalue weighted by Crippen LogP contribution is -2.37. The van der Waals surface area contributed by atoms with Crippen molar-refractivity contribution in [3.63, 3.8) is 0 Å². The van der Waals surface area contributed by atoms with Gasteiger partial charge in [0.1, 0.15) is 11.6 Å². The maximum Gasteiger partial charge on any atom is 0.238 e. The SMILES string of the molecule is O=C(CN(Cc1cccs1)CC1CCCO1)Nc1cc(F)cc(F)c1. The van der Waals surface area contributed by atoms with Crippen molar-refractivity contribution >= 4 is 22.9 Å². The summed E-state index contributed by atoms with van der Waals surface area (Å²) in [7, 11) is 0. The first kappa shape index (κ1) is 18.0. The van der Waals surface area contributed by atoms with Gasteiger partial charge in [0, 0.05) is 36.3 Å². The zero-order valence-corrected chi connectivity index (χ0v) is 14.5. The van der Waals surface area contributed by atoms with E-state index in [1.54, 1.807) is 11.3 Å². The molecule has 0 spiro atoms. The van der Waals surface area contributed by atoms with Gasteiger partial charge < -0.3 is 10.1 Å². The van der Waals surface area contributed by atoms with Crippen molar-refractivity contribution in [1.29, 1.82) is 0 Å². The molecule has 134 valence electrons. The highest BCUT2D eigenvalue weighted by atomic mass is 32.1. The number of halogens is 2. The van der Waals surface area contributed by atoms with Crippen LogP contribution in [0.1, 0.15) is 17.7 Å². The molecule has 2 heterocycles. The van der Waals surface area contributed by atoms with E-state index in [1.165, 1.54) is 0 Å². The van der Waals surface area contributed by atoms with Crippen LogP contribution in [0.15, 0.2) is 35.7 Å². The van der Waals surface area contributed by atoms with Gasteiger partial charge in [-0.15, -0.1) is 11.3 Å². The summed E-state index contributed by atoms with van der Waals surface area (Å²) in [6, 6.07) is 6.97. The Morgan fingerprint density at radius 1 is 1.32 bits per heavy atom. The van der Waals surface area contributed by atoms with Crippen molar-refractivity contribution in [2.45, 2.75) is 25.5 Å². The Bertz CT molecular complexity index is 683. The number of hydrogen-bond acceptors (Lipinski definition) is 4. The van der Waals surface area contributed by atoms with Crippen LogP contribution in [0.25, 0.3) is 0 Å². The Balaban J connectivity index is 1.62. The molecule has 4 nitrogen and oxygen atoms in total. The number of carbonyl (C=O) groups excluding carboxylic acids is 1. The second-order valence-electron chi connectivity index (χ2n) is 6.09. The quantitative estimate of drug-likeness (QED) is 0.813. The maximum absolute atomic E-state index is 13.2. The van der Waals surface area contributed by atoms with Crippen LogP contribution in [-0.2, 0) is 16.1 Å². The van der Waals surface area contributed by atoms with Gasteiger partial charge >= 0.3 is 0 Å². The summed E-state index contributed by atoms with van der Waals surface area (Å²) in [6.07, 6.45) is 2.14. The Kier molecular flexibility index (Phi) is 6.12. The normalized spacial score (nSPS) is 17.2. The topological polar surface area (TPSA) is 41.6 Å². The van der Waals surface area contributed by atoms with E-state index in [1.807, 2.05) is 22.4 Å². The smallest absolute Gasteiger partial charge is 0.238 e. The lowest BCUT2D eigenvalue weighted by molar-refractivity contribution is -0.117. The molecule has 1 aliphatic rings. The highest BCUT2D eigenvalue weighted by Gasteiger charge is 2.21. The third kappa shape index (κ3) is 5.59. The Morgan fingerprint density at radius 3 is 2.76 bits per heavy atom. The minimum Gasteiger partial charge on any atom is -0.377 e. The third-order valence-corrected chi connectivity index (χ3v) is 4.82. The highest BCUT2D eigenvalue weighted by Crippen LogP contribution is 2.18. The first-order chi connectivity index (χ1) is 12.1. The maximum atomic E-state index is 13.2. The van der Waals surface area contributed by atoms with Gasteiger partial charge in [-0.05, 0) is 36.4 Å². The summed E-state index contributed by atoms with van der Waals surface area (Å²) in [5.41, 5.74) is 0.121. The van der Waals surface area contributed by atoms with Crippen LogP contribution in [-0.4, -0.2) is 36.6 Å². The van der Waals surface area contributed by atoms with E-state index in [4.69, 9.17) is 4.74 Å². The van der Waals surface area contributed by atoms with Crippen LogP contribution in [0, 0.1) is 11.6 Å². The first-order valence-electron chi connectivity index (χ1n) is 8.21. The molecule has 1 aromatic carbocycles. The van der Waals surface area contributed by atoms with Crippen molar-refractivity contribution in [3.8, 4) is 0 Å². The highest BCUT2D eigenvalue weighted by molar-refractivity contribution is 7.09. The van der Waals surface area contributed by atoms with Crippen LogP contribution >= 0.6 is 11.3 Å². The molecule has 0 saturated carbocycles. The Hall–Kier alpha value is -1.83. The van der Waals surface area contributed by atoms with Gasteiger partial charge in [0.05, 0.1) is 12.6 Å². The molecule has 1 N–H and O–H groups in total. The number of thiophene rings is 1. The van der Waals surface area contributed by atoms with Crippen LogP contribution < -0.4 is 5.32 Å². The number of hydrogen-bond donors (Lipinski definition) is 1. The molecule has 25 heavy (non-hydrogen) atoms. The van der Waals surface area contributed by atoms with Gasteiger partial charge in [0.15, 0.2) is 0 Å². The predicted molar refractivity (Wildman–Crippen MR) is 93.6 cm³/mol. The average Bonchev–Trinajstić information content (AvgIpc) is 3.19. The lowest BCUT2D eigenvalue weighted by atomic mass is 10.2.